The van der Waals surface area contributed by atoms with Crippen molar-refractivity contribution >= 4 is 34.0 Å². The monoisotopic (exact) mass is 482 g/mol. The zero-order valence-electron chi connectivity index (χ0n) is 19.1. The molecule has 0 aliphatic heterocycles. The summed E-state index contributed by atoms with van der Waals surface area (Å²) in [5, 5.41) is 14.1. The minimum atomic E-state index is -1.01. The van der Waals surface area contributed by atoms with Crippen LogP contribution in [-0.4, -0.2) is 16.1 Å². The van der Waals surface area contributed by atoms with E-state index >= 15 is 0 Å². The van der Waals surface area contributed by atoms with Gasteiger partial charge in [0.05, 0.1) is 21.9 Å². The van der Waals surface area contributed by atoms with E-state index in [-0.39, 0.29) is 17.0 Å². The fourth-order valence-electron chi connectivity index (χ4n) is 4.09. The molecule has 5 aromatic rings. The maximum absolute atomic E-state index is 13.1. The van der Waals surface area contributed by atoms with Crippen LogP contribution in [0.15, 0.2) is 88.2 Å². The van der Waals surface area contributed by atoms with Crippen LogP contribution in [0.5, 0.6) is 0 Å². The molecule has 2 heterocycles. The highest BCUT2D eigenvalue weighted by Crippen LogP contribution is 2.35. The number of aromatic nitrogens is 1. The minimum absolute atomic E-state index is 0.140. The molecular formula is C28H22N2O4S. The van der Waals surface area contributed by atoms with Gasteiger partial charge in [-0.05, 0) is 37.6 Å². The number of hydrogen-bond acceptors (Lipinski definition) is 6. The second-order valence-corrected chi connectivity index (χ2v) is 9.35. The lowest BCUT2D eigenvalue weighted by Gasteiger charge is -2.19. The van der Waals surface area contributed by atoms with E-state index in [9.17, 15) is 14.7 Å². The lowest BCUT2D eigenvalue weighted by molar-refractivity contribution is 0.0698. The third kappa shape index (κ3) is 4.46. The number of anilines is 1. The molecule has 0 bridgehead atoms. The van der Waals surface area contributed by atoms with Gasteiger partial charge < -0.3 is 14.8 Å². The molecule has 7 heteroatoms. The second-order valence-electron chi connectivity index (χ2n) is 8.32. The number of carboxylic acids is 1. The van der Waals surface area contributed by atoms with Crippen LogP contribution in [-0.2, 0) is 0 Å². The first-order valence-electron chi connectivity index (χ1n) is 11.1. The number of carboxylic acid groups (broad SMARTS) is 1. The topological polar surface area (TPSA) is 92.4 Å². The summed E-state index contributed by atoms with van der Waals surface area (Å²) in [6, 6.07) is 21.5. The standard InChI is InChI=1S/C28H22N2O4S/c1-16-12-20(17(2)30-22-11-7-6-10-19(22)28(32)33)26-21(13-16)23(31)14-24(34-26)25-15-29-27(35-25)18-8-4-3-5-9-18/h3-15,17,30H,1-2H3,(H,32,33). The normalized spacial score (nSPS) is 11.9. The summed E-state index contributed by atoms with van der Waals surface area (Å²) < 4.78 is 6.31. The van der Waals surface area contributed by atoms with Gasteiger partial charge in [0.2, 0.25) is 0 Å². The van der Waals surface area contributed by atoms with Crippen molar-refractivity contribution in [1.82, 2.24) is 4.98 Å². The van der Waals surface area contributed by atoms with E-state index in [1.54, 1.807) is 30.5 Å². The van der Waals surface area contributed by atoms with Gasteiger partial charge in [-0.3, -0.25) is 4.79 Å². The highest BCUT2D eigenvalue weighted by Gasteiger charge is 2.19. The molecule has 0 aliphatic rings. The number of aromatic carboxylic acids is 1. The molecular weight excluding hydrogens is 460 g/mol. The Morgan fingerprint density at radius 2 is 1.80 bits per heavy atom. The number of nitrogens with zero attached hydrogens (tertiary/aromatic N) is 1. The van der Waals surface area contributed by atoms with Crippen LogP contribution in [0.4, 0.5) is 5.69 Å². The molecule has 6 nitrogen and oxygen atoms in total. The van der Waals surface area contributed by atoms with Crippen molar-refractivity contribution < 1.29 is 14.3 Å². The van der Waals surface area contributed by atoms with Gasteiger partial charge in [0.1, 0.15) is 16.4 Å². The van der Waals surface area contributed by atoms with Crippen molar-refractivity contribution in [2.75, 3.05) is 5.32 Å². The number of aryl methyl sites for hydroxylation is 1. The molecule has 1 atom stereocenters. The lowest BCUT2D eigenvalue weighted by Crippen LogP contribution is -2.12. The maximum Gasteiger partial charge on any atom is 0.337 e. The third-order valence-corrected chi connectivity index (χ3v) is 6.83. The van der Waals surface area contributed by atoms with Crippen LogP contribution < -0.4 is 10.7 Å². The van der Waals surface area contributed by atoms with Crippen molar-refractivity contribution in [2.24, 2.45) is 0 Å². The Labute approximate surface area is 205 Å². The number of benzene rings is 3. The smallest absolute Gasteiger partial charge is 0.337 e. The Bertz CT molecular complexity index is 1600. The van der Waals surface area contributed by atoms with E-state index in [0.29, 0.717) is 22.4 Å². The van der Waals surface area contributed by atoms with E-state index in [2.05, 4.69) is 10.3 Å². The lowest BCUT2D eigenvalue weighted by atomic mass is 10.0. The molecule has 3 aromatic carbocycles. The number of nitrogens with one attached hydrogen (secondary N) is 1. The van der Waals surface area contributed by atoms with Gasteiger partial charge in [0.25, 0.3) is 0 Å². The molecule has 1 unspecified atom stereocenters. The summed E-state index contributed by atoms with van der Waals surface area (Å²) >= 11 is 1.46. The first-order chi connectivity index (χ1) is 16.9. The SMILES string of the molecule is Cc1cc(C(C)Nc2ccccc2C(=O)O)c2oc(-c3cnc(-c4ccccc4)s3)cc(=O)c2c1. The van der Waals surface area contributed by atoms with Crippen molar-refractivity contribution in [3.8, 4) is 21.2 Å². The average Bonchev–Trinajstić information content (AvgIpc) is 3.35. The number of thiazole rings is 1. The van der Waals surface area contributed by atoms with Crippen LogP contribution in [0.2, 0.25) is 0 Å². The van der Waals surface area contributed by atoms with Crippen molar-refractivity contribution in [3.05, 3.63) is 106 Å². The number of carbonyl (C=O) groups is 1. The second kappa shape index (κ2) is 9.19. The van der Waals surface area contributed by atoms with Crippen LogP contribution in [0.1, 0.15) is 34.5 Å². The molecule has 174 valence electrons. The highest BCUT2D eigenvalue weighted by molar-refractivity contribution is 7.18. The molecule has 0 fully saturated rings. The third-order valence-electron chi connectivity index (χ3n) is 5.77. The maximum atomic E-state index is 13.1. The van der Waals surface area contributed by atoms with Gasteiger partial charge in [-0.25, -0.2) is 9.78 Å². The summed E-state index contributed by atoms with van der Waals surface area (Å²) in [5.41, 5.74) is 3.69. The van der Waals surface area contributed by atoms with Crippen LogP contribution in [0.3, 0.4) is 0 Å². The minimum Gasteiger partial charge on any atom is -0.478 e. The molecule has 0 amide bonds. The number of fused-ring (bicyclic) bond motifs is 1. The van der Waals surface area contributed by atoms with Crippen molar-refractivity contribution in [3.63, 3.8) is 0 Å². The van der Waals surface area contributed by atoms with Gasteiger partial charge in [-0.1, -0.05) is 48.5 Å². The summed E-state index contributed by atoms with van der Waals surface area (Å²) in [6.07, 6.45) is 1.72. The van der Waals surface area contributed by atoms with E-state index in [1.807, 2.05) is 56.3 Å². The molecule has 0 radical (unpaired) electrons. The molecule has 0 aliphatic carbocycles. The molecule has 2 aromatic heterocycles. The Morgan fingerprint density at radius 1 is 1.06 bits per heavy atom. The predicted octanol–water partition coefficient (Wildman–Crippen LogP) is 6.76. The summed E-state index contributed by atoms with van der Waals surface area (Å²) in [7, 11) is 0. The van der Waals surface area contributed by atoms with Crippen LogP contribution in [0.25, 0.3) is 32.2 Å². The van der Waals surface area contributed by atoms with Gasteiger partial charge in [0.15, 0.2) is 5.43 Å². The zero-order chi connectivity index (χ0) is 24.5. The molecule has 0 saturated carbocycles. The van der Waals surface area contributed by atoms with Gasteiger partial charge >= 0.3 is 5.97 Å². The fraction of sp³-hybridized carbons (Fsp3) is 0.107. The predicted molar refractivity (Wildman–Crippen MR) is 139 cm³/mol. The Kier molecular flexibility index (Phi) is 5.93. The van der Waals surface area contributed by atoms with Crippen molar-refractivity contribution in [1.29, 1.82) is 0 Å². The van der Waals surface area contributed by atoms with Gasteiger partial charge in [-0.15, -0.1) is 11.3 Å². The van der Waals surface area contributed by atoms with E-state index in [4.69, 9.17) is 4.42 Å². The average molecular weight is 483 g/mol. The Hall–Kier alpha value is -4.23. The molecule has 2 N–H and O–H groups in total. The van der Waals surface area contributed by atoms with Crippen LogP contribution >= 0.6 is 11.3 Å². The summed E-state index contributed by atoms with van der Waals surface area (Å²) in [5.74, 6) is -0.562. The molecule has 35 heavy (non-hydrogen) atoms. The Balaban J connectivity index is 1.59. The summed E-state index contributed by atoms with van der Waals surface area (Å²) in [4.78, 5) is 30.0. The van der Waals surface area contributed by atoms with Gasteiger partial charge in [0, 0.05) is 29.1 Å². The van der Waals surface area contributed by atoms with E-state index < -0.39 is 5.97 Å². The Morgan fingerprint density at radius 3 is 2.57 bits per heavy atom. The van der Waals surface area contributed by atoms with E-state index in [1.165, 1.54) is 17.4 Å². The molecule has 0 spiro atoms. The van der Waals surface area contributed by atoms with Crippen molar-refractivity contribution in [2.45, 2.75) is 19.9 Å². The molecule has 5 rings (SSSR count). The number of para-hydroxylation sites is 1. The first-order valence-corrected chi connectivity index (χ1v) is 11.9. The molecule has 0 saturated heterocycles. The summed E-state index contributed by atoms with van der Waals surface area (Å²) in [6.45, 7) is 3.84. The zero-order valence-corrected chi connectivity index (χ0v) is 19.9. The number of rotatable bonds is 6. The van der Waals surface area contributed by atoms with E-state index in [0.717, 1.165) is 26.6 Å². The quantitative estimate of drug-likeness (QED) is 0.278. The number of hydrogen-bond donors (Lipinski definition) is 2. The van der Waals surface area contributed by atoms with Gasteiger partial charge in [-0.2, -0.15) is 0 Å². The first kappa shape index (κ1) is 22.6. The highest BCUT2D eigenvalue weighted by atomic mass is 32.1. The fourth-order valence-corrected chi connectivity index (χ4v) is 4.96. The van der Waals surface area contributed by atoms with Crippen LogP contribution in [0, 0.1) is 6.92 Å². The largest absolute Gasteiger partial charge is 0.478 e.